The molecule has 1 aromatic carbocycles. The van der Waals surface area contributed by atoms with Gasteiger partial charge in [-0.05, 0) is 30.9 Å². The molecule has 7 nitrogen and oxygen atoms in total. The smallest absolute Gasteiger partial charge is 0.296 e. The molecule has 0 heterocycles. The summed E-state index contributed by atoms with van der Waals surface area (Å²) in [6.45, 7) is 4.70. The number of anilines is 1. The van der Waals surface area contributed by atoms with Gasteiger partial charge in [0.15, 0.2) is 0 Å². The van der Waals surface area contributed by atoms with E-state index < -0.39 is 16.2 Å². The second-order valence-corrected chi connectivity index (χ2v) is 10.7. The second-order valence-electron chi connectivity index (χ2n) is 9.30. The maximum Gasteiger partial charge on any atom is 0.296 e. The molecule has 33 heavy (non-hydrogen) atoms. The first-order chi connectivity index (χ1) is 15.8. The molecule has 0 fully saturated rings. The Kier molecular flexibility index (Phi) is 15.0. The minimum Gasteiger partial charge on any atom is -0.384 e. The largest absolute Gasteiger partial charge is 0.384 e. The molecular weight excluding hydrogens is 440 g/mol. The first-order valence-electron chi connectivity index (χ1n) is 12.7. The van der Waals surface area contributed by atoms with E-state index in [2.05, 4.69) is 12.2 Å². The molecule has 0 radical (unpaired) electrons. The first kappa shape index (κ1) is 29.4. The molecule has 0 saturated heterocycles. The van der Waals surface area contributed by atoms with Crippen LogP contribution in [0.25, 0.3) is 0 Å². The monoisotopic (exact) mass is 484 g/mol. The SMILES string of the molecule is CCCCCCCCCCCCCC(CCC(C)CNc1ccccc1S(=O)(=O)O)[N+](=O)[O-]. The van der Waals surface area contributed by atoms with E-state index in [1.807, 2.05) is 6.92 Å². The van der Waals surface area contributed by atoms with Gasteiger partial charge in [-0.25, -0.2) is 0 Å². The second kappa shape index (κ2) is 16.9. The molecule has 0 aromatic heterocycles. The number of para-hydroxylation sites is 1. The molecule has 2 unspecified atom stereocenters. The fourth-order valence-electron chi connectivity index (χ4n) is 4.10. The number of unbranched alkanes of at least 4 members (excludes halogenated alkanes) is 10. The molecule has 0 aliphatic rings. The summed E-state index contributed by atoms with van der Waals surface area (Å²) in [6, 6.07) is 5.67. The fraction of sp³-hybridized carbons (Fsp3) is 0.760. The van der Waals surface area contributed by atoms with Gasteiger partial charge in [0.25, 0.3) is 10.1 Å². The van der Waals surface area contributed by atoms with Gasteiger partial charge >= 0.3 is 0 Å². The highest BCUT2D eigenvalue weighted by Crippen LogP contribution is 2.22. The van der Waals surface area contributed by atoms with Crippen LogP contribution < -0.4 is 5.32 Å². The van der Waals surface area contributed by atoms with Crippen molar-refractivity contribution in [3.63, 3.8) is 0 Å². The van der Waals surface area contributed by atoms with Gasteiger partial charge in [0.2, 0.25) is 6.04 Å². The normalized spacial score (nSPS) is 13.5. The maximum atomic E-state index is 11.5. The Morgan fingerprint density at radius 2 is 1.45 bits per heavy atom. The van der Waals surface area contributed by atoms with Crippen LogP contribution in [0.15, 0.2) is 29.2 Å². The lowest BCUT2D eigenvalue weighted by atomic mass is 9.97. The Balaban J connectivity index is 2.23. The lowest BCUT2D eigenvalue weighted by Gasteiger charge is -2.16. The molecule has 0 saturated carbocycles. The zero-order valence-corrected chi connectivity index (χ0v) is 21.3. The Hall–Kier alpha value is -1.67. The molecule has 2 atom stereocenters. The predicted molar refractivity (Wildman–Crippen MR) is 135 cm³/mol. The van der Waals surface area contributed by atoms with Gasteiger partial charge < -0.3 is 5.32 Å². The quantitative estimate of drug-likeness (QED) is 0.0883. The molecule has 8 heteroatoms. The molecule has 0 amide bonds. The van der Waals surface area contributed by atoms with Gasteiger partial charge in [0.1, 0.15) is 4.90 Å². The number of nitro groups is 1. The fourth-order valence-corrected chi connectivity index (χ4v) is 4.77. The van der Waals surface area contributed by atoms with Crippen LogP contribution in [0.5, 0.6) is 0 Å². The van der Waals surface area contributed by atoms with Crippen molar-refractivity contribution in [2.24, 2.45) is 5.92 Å². The average molecular weight is 485 g/mol. The molecule has 1 aromatic rings. The summed E-state index contributed by atoms with van der Waals surface area (Å²) >= 11 is 0. The third-order valence-electron chi connectivity index (χ3n) is 6.24. The molecule has 190 valence electrons. The van der Waals surface area contributed by atoms with Crippen molar-refractivity contribution in [2.75, 3.05) is 11.9 Å². The molecule has 0 spiro atoms. The first-order valence-corrected chi connectivity index (χ1v) is 14.1. The average Bonchev–Trinajstić information content (AvgIpc) is 2.77. The zero-order chi connectivity index (χ0) is 24.5. The van der Waals surface area contributed by atoms with Crippen LogP contribution >= 0.6 is 0 Å². The van der Waals surface area contributed by atoms with Gasteiger partial charge in [-0.15, -0.1) is 0 Å². The van der Waals surface area contributed by atoms with Crippen molar-refractivity contribution in [2.45, 2.75) is 115 Å². The summed E-state index contributed by atoms with van der Waals surface area (Å²) < 4.78 is 32.3. The van der Waals surface area contributed by atoms with E-state index in [1.165, 1.54) is 57.4 Å². The molecule has 2 N–H and O–H groups in total. The molecular formula is C25H44N2O5S. The van der Waals surface area contributed by atoms with E-state index in [9.17, 15) is 23.1 Å². The number of hydrogen-bond acceptors (Lipinski definition) is 5. The number of rotatable bonds is 20. The third kappa shape index (κ3) is 13.6. The van der Waals surface area contributed by atoms with Crippen LogP contribution in [0.4, 0.5) is 5.69 Å². The zero-order valence-electron chi connectivity index (χ0n) is 20.5. The lowest BCUT2D eigenvalue weighted by molar-refractivity contribution is -0.524. The Morgan fingerprint density at radius 3 is 2.00 bits per heavy atom. The van der Waals surface area contributed by atoms with Crippen molar-refractivity contribution in [3.05, 3.63) is 34.4 Å². The van der Waals surface area contributed by atoms with Crippen molar-refractivity contribution in [3.8, 4) is 0 Å². The van der Waals surface area contributed by atoms with Gasteiger partial charge in [0.05, 0.1) is 5.69 Å². The number of benzene rings is 1. The summed E-state index contributed by atoms with van der Waals surface area (Å²) in [7, 11) is -4.30. The van der Waals surface area contributed by atoms with E-state index >= 15 is 0 Å². The Morgan fingerprint density at radius 1 is 0.909 bits per heavy atom. The van der Waals surface area contributed by atoms with Crippen molar-refractivity contribution in [1.82, 2.24) is 0 Å². The summed E-state index contributed by atoms with van der Waals surface area (Å²) in [6.07, 6.45) is 15.4. The standard InChI is InChI=1S/C25H44N2O5S/c1-3-4-5-6-7-8-9-10-11-12-13-16-23(27(28)29)20-19-22(2)21-26-24-17-14-15-18-25(24)33(30,31)32/h14-15,17-18,22-23,26H,3-13,16,19-21H2,1-2H3,(H,30,31,32). The van der Waals surface area contributed by atoms with Crippen LogP contribution in [0, 0.1) is 16.0 Å². The van der Waals surface area contributed by atoms with E-state index in [0.717, 1.165) is 19.3 Å². The topological polar surface area (TPSA) is 110 Å². The summed E-state index contributed by atoms with van der Waals surface area (Å²) in [5, 5.41) is 14.5. The molecule has 0 aliphatic heterocycles. The summed E-state index contributed by atoms with van der Waals surface area (Å²) in [4.78, 5) is 11.2. The lowest BCUT2D eigenvalue weighted by Crippen LogP contribution is -2.22. The van der Waals surface area contributed by atoms with Crippen LogP contribution in [-0.4, -0.2) is 30.5 Å². The van der Waals surface area contributed by atoms with E-state index in [0.29, 0.717) is 31.5 Å². The number of hydrogen-bond donors (Lipinski definition) is 2. The molecule has 1 rings (SSSR count). The van der Waals surface area contributed by atoms with E-state index in [4.69, 9.17) is 0 Å². The van der Waals surface area contributed by atoms with Crippen molar-refractivity contribution >= 4 is 15.8 Å². The van der Waals surface area contributed by atoms with Crippen LogP contribution in [0.3, 0.4) is 0 Å². The Labute approximate surface area is 200 Å². The molecule has 0 bridgehead atoms. The van der Waals surface area contributed by atoms with E-state index in [-0.39, 0.29) is 15.7 Å². The minimum absolute atomic E-state index is 0.138. The Bertz CT molecular complexity index is 770. The highest BCUT2D eigenvalue weighted by Gasteiger charge is 2.21. The highest BCUT2D eigenvalue weighted by molar-refractivity contribution is 7.86. The highest BCUT2D eigenvalue weighted by atomic mass is 32.2. The number of nitrogens with one attached hydrogen (secondary N) is 1. The number of nitrogens with zero attached hydrogens (tertiary/aromatic N) is 1. The van der Waals surface area contributed by atoms with E-state index in [1.54, 1.807) is 18.2 Å². The van der Waals surface area contributed by atoms with Gasteiger partial charge in [-0.3, -0.25) is 14.7 Å². The van der Waals surface area contributed by atoms with Crippen molar-refractivity contribution < 1.29 is 17.9 Å². The summed E-state index contributed by atoms with van der Waals surface area (Å²) in [5.41, 5.74) is 0.346. The van der Waals surface area contributed by atoms with Crippen LogP contribution in [0.1, 0.15) is 104 Å². The van der Waals surface area contributed by atoms with Gasteiger partial charge in [-0.2, -0.15) is 8.42 Å². The maximum absolute atomic E-state index is 11.5. The minimum atomic E-state index is -4.30. The predicted octanol–water partition coefficient (Wildman–Crippen LogP) is 7.11. The van der Waals surface area contributed by atoms with Crippen molar-refractivity contribution in [1.29, 1.82) is 0 Å². The summed E-state index contributed by atoms with van der Waals surface area (Å²) in [5.74, 6) is 0.138. The van der Waals surface area contributed by atoms with Crippen LogP contribution in [0.2, 0.25) is 0 Å². The third-order valence-corrected chi connectivity index (χ3v) is 7.15. The molecule has 0 aliphatic carbocycles. The van der Waals surface area contributed by atoms with Gasteiger partial charge in [0, 0.05) is 24.3 Å². The van der Waals surface area contributed by atoms with Crippen LogP contribution in [-0.2, 0) is 10.1 Å². The van der Waals surface area contributed by atoms with Gasteiger partial charge in [-0.1, -0.05) is 90.2 Å².